The minimum absolute atomic E-state index is 0.309. The number of hydrogen-bond acceptors (Lipinski definition) is 4. The van der Waals surface area contributed by atoms with Gasteiger partial charge in [0.05, 0.1) is 0 Å². The van der Waals surface area contributed by atoms with Crippen LogP contribution in [0.4, 0.5) is 0 Å². The Labute approximate surface area is 84.4 Å². The van der Waals surface area contributed by atoms with E-state index in [1.807, 2.05) is 0 Å². The van der Waals surface area contributed by atoms with Crippen molar-refractivity contribution >= 4 is 10.1 Å². The second-order valence-corrected chi connectivity index (χ2v) is 5.46. The zero-order valence-corrected chi connectivity index (χ0v) is 9.21. The molecule has 0 saturated carbocycles. The molecule has 1 unspecified atom stereocenters. The second-order valence-electron chi connectivity index (χ2n) is 3.88. The molecule has 0 aromatic rings. The highest BCUT2D eigenvalue weighted by atomic mass is 32.2. The summed E-state index contributed by atoms with van der Waals surface area (Å²) in [7, 11) is -4.69. The fraction of sp³-hybridized carbons (Fsp3) is 0.750. The molecule has 0 saturated heterocycles. The van der Waals surface area contributed by atoms with E-state index >= 15 is 0 Å². The van der Waals surface area contributed by atoms with Gasteiger partial charge in [0.2, 0.25) is 5.06 Å². The third-order valence-electron chi connectivity index (χ3n) is 2.34. The third kappa shape index (κ3) is 2.54. The van der Waals surface area contributed by atoms with E-state index in [9.17, 15) is 13.5 Å². The normalized spacial score (nSPS) is 17.5. The van der Waals surface area contributed by atoms with Gasteiger partial charge in [-0.15, -0.1) is 6.58 Å². The lowest BCUT2D eigenvalue weighted by Crippen LogP contribution is -2.58. The molecular formula is C8H17NO4S. The molecule has 0 aromatic carbocycles. The first kappa shape index (κ1) is 13.6. The van der Waals surface area contributed by atoms with Gasteiger partial charge in [-0.05, 0) is 12.8 Å². The monoisotopic (exact) mass is 223 g/mol. The van der Waals surface area contributed by atoms with Gasteiger partial charge in [0, 0.05) is 5.41 Å². The molecule has 0 spiro atoms. The predicted octanol–water partition coefficient (Wildman–Crippen LogP) is 0.471. The van der Waals surface area contributed by atoms with Gasteiger partial charge in [-0.25, -0.2) is 0 Å². The van der Waals surface area contributed by atoms with Crippen LogP contribution in [-0.2, 0) is 10.1 Å². The highest BCUT2D eigenvalue weighted by Crippen LogP contribution is 2.35. The van der Waals surface area contributed by atoms with Gasteiger partial charge >= 0.3 is 10.1 Å². The van der Waals surface area contributed by atoms with Crippen LogP contribution in [0.2, 0.25) is 0 Å². The number of nitrogens with two attached hydrogens (primary N) is 1. The second kappa shape index (κ2) is 3.98. The van der Waals surface area contributed by atoms with E-state index in [2.05, 4.69) is 6.58 Å². The van der Waals surface area contributed by atoms with E-state index in [0.29, 0.717) is 12.8 Å². The van der Waals surface area contributed by atoms with Crippen LogP contribution in [0.3, 0.4) is 0 Å². The van der Waals surface area contributed by atoms with Crippen LogP contribution in [0.25, 0.3) is 0 Å². The molecule has 0 heterocycles. The first-order valence-corrected chi connectivity index (χ1v) is 5.59. The predicted molar refractivity (Wildman–Crippen MR) is 53.9 cm³/mol. The molecule has 14 heavy (non-hydrogen) atoms. The van der Waals surface area contributed by atoms with Gasteiger partial charge in [0.15, 0.2) is 0 Å². The van der Waals surface area contributed by atoms with E-state index in [1.165, 1.54) is 13.8 Å². The van der Waals surface area contributed by atoms with Crippen molar-refractivity contribution in [2.45, 2.75) is 31.7 Å². The summed E-state index contributed by atoms with van der Waals surface area (Å²) in [6.45, 7) is 6.40. The highest BCUT2D eigenvalue weighted by Gasteiger charge is 2.50. The summed E-state index contributed by atoms with van der Waals surface area (Å²) in [6.07, 6.45) is 2.40. The molecule has 0 rings (SSSR count). The minimum Gasteiger partial charge on any atom is -0.361 e. The SMILES string of the molecule is C=CCCC(C)(C)C(N)(O)S(=O)(=O)O. The van der Waals surface area contributed by atoms with E-state index in [1.54, 1.807) is 6.08 Å². The lowest BCUT2D eigenvalue weighted by molar-refractivity contribution is 0.000186. The molecule has 4 N–H and O–H groups in total. The van der Waals surface area contributed by atoms with E-state index in [0.717, 1.165) is 0 Å². The average Bonchev–Trinajstić information content (AvgIpc) is 1.98. The molecule has 0 fully saturated rings. The maximum Gasteiger partial charge on any atom is 0.309 e. The van der Waals surface area contributed by atoms with Gasteiger partial charge in [-0.2, -0.15) is 8.42 Å². The summed E-state index contributed by atoms with van der Waals surface area (Å²) in [4.78, 5) is 0. The molecule has 0 radical (unpaired) electrons. The third-order valence-corrected chi connectivity index (χ3v) is 3.68. The molecule has 0 aliphatic rings. The van der Waals surface area contributed by atoms with Crippen LogP contribution in [0.5, 0.6) is 0 Å². The smallest absolute Gasteiger partial charge is 0.309 e. The molecule has 0 aromatic heterocycles. The molecule has 0 aliphatic heterocycles. The fourth-order valence-electron chi connectivity index (χ4n) is 0.991. The lowest BCUT2D eigenvalue weighted by Gasteiger charge is -2.36. The molecule has 0 amide bonds. The molecule has 5 nitrogen and oxygen atoms in total. The van der Waals surface area contributed by atoms with Crippen LogP contribution in [0.1, 0.15) is 26.7 Å². The van der Waals surface area contributed by atoms with Gasteiger partial charge in [-0.3, -0.25) is 10.3 Å². The first-order chi connectivity index (χ1) is 6.06. The Kier molecular flexibility index (Phi) is 3.85. The zero-order valence-electron chi connectivity index (χ0n) is 8.40. The van der Waals surface area contributed by atoms with Gasteiger partial charge in [0.1, 0.15) is 0 Å². The topological polar surface area (TPSA) is 101 Å². The molecule has 6 heteroatoms. The number of rotatable bonds is 5. The van der Waals surface area contributed by atoms with Crippen molar-refractivity contribution in [1.82, 2.24) is 0 Å². The van der Waals surface area contributed by atoms with Crippen molar-refractivity contribution in [2.24, 2.45) is 11.1 Å². The molecular weight excluding hydrogens is 206 g/mol. The van der Waals surface area contributed by atoms with E-state index < -0.39 is 20.6 Å². The van der Waals surface area contributed by atoms with E-state index in [4.69, 9.17) is 10.3 Å². The summed E-state index contributed by atoms with van der Waals surface area (Å²) in [5.41, 5.74) is 4.05. The summed E-state index contributed by atoms with van der Waals surface area (Å²) in [5.74, 6) is 0. The number of aliphatic hydroxyl groups is 1. The average molecular weight is 223 g/mol. The van der Waals surface area contributed by atoms with Crippen molar-refractivity contribution in [1.29, 1.82) is 0 Å². The first-order valence-electron chi connectivity index (χ1n) is 4.15. The van der Waals surface area contributed by atoms with Crippen LogP contribution < -0.4 is 5.73 Å². The van der Waals surface area contributed by atoms with Crippen molar-refractivity contribution in [3.05, 3.63) is 12.7 Å². The quantitative estimate of drug-likeness (QED) is 0.357. The largest absolute Gasteiger partial charge is 0.361 e. The minimum atomic E-state index is -4.69. The van der Waals surface area contributed by atoms with Gasteiger partial charge < -0.3 is 5.11 Å². The van der Waals surface area contributed by atoms with Crippen LogP contribution in [0.15, 0.2) is 12.7 Å². The van der Waals surface area contributed by atoms with Gasteiger partial charge in [0.25, 0.3) is 0 Å². The molecule has 0 bridgehead atoms. The molecule has 0 aliphatic carbocycles. The van der Waals surface area contributed by atoms with Crippen LogP contribution in [0, 0.1) is 5.41 Å². The Balaban J connectivity index is 4.97. The van der Waals surface area contributed by atoms with Crippen molar-refractivity contribution < 1.29 is 18.1 Å². The highest BCUT2D eigenvalue weighted by molar-refractivity contribution is 7.87. The van der Waals surface area contributed by atoms with Crippen molar-refractivity contribution in [3.63, 3.8) is 0 Å². The summed E-state index contributed by atoms with van der Waals surface area (Å²) >= 11 is 0. The Morgan fingerprint density at radius 3 is 2.21 bits per heavy atom. The maximum absolute atomic E-state index is 10.8. The molecule has 84 valence electrons. The summed E-state index contributed by atoms with van der Waals surface area (Å²) in [6, 6.07) is 0. The molecule has 1 atom stereocenters. The number of hydrogen-bond donors (Lipinski definition) is 3. The maximum atomic E-state index is 10.8. The Bertz CT molecular complexity index is 305. The standard InChI is InChI=1S/C8H17NO4S/c1-4-5-6-7(2,3)8(9,10)14(11,12)13/h4,10H,1,5-6,9H2,2-3H3,(H,11,12,13). The van der Waals surface area contributed by atoms with Crippen molar-refractivity contribution in [2.75, 3.05) is 0 Å². The number of allylic oxidation sites excluding steroid dienone is 1. The van der Waals surface area contributed by atoms with Crippen molar-refractivity contribution in [3.8, 4) is 0 Å². The fourth-order valence-corrected chi connectivity index (χ4v) is 1.79. The Hall–Kier alpha value is -0.430. The lowest BCUT2D eigenvalue weighted by atomic mass is 9.85. The Morgan fingerprint density at radius 1 is 1.50 bits per heavy atom. The van der Waals surface area contributed by atoms with Crippen LogP contribution in [-0.4, -0.2) is 23.1 Å². The summed E-state index contributed by atoms with van der Waals surface area (Å²) < 4.78 is 30.4. The van der Waals surface area contributed by atoms with Gasteiger partial charge in [-0.1, -0.05) is 19.9 Å². The Morgan fingerprint density at radius 2 is 1.93 bits per heavy atom. The zero-order chi connectivity index (χ0) is 11.6. The summed E-state index contributed by atoms with van der Waals surface area (Å²) in [5, 5.41) is 6.87. The van der Waals surface area contributed by atoms with E-state index in [-0.39, 0.29) is 0 Å². The van der Waals surface area contributed by atoms with Crippen LogP contribution >= 0.6 is 0 Å².